The summed E-state index contributed by atoms with van der Waals surface area (Å²) in [4.78, 5) is 15.7. The number of nitrogens with zero attached hydrogens (tertiary/aromatic N) is 1. The summed E-state index contributed by atoms with van der Waals surface area (Å²) in [5, 5.41) is 18.5. The van der Waals surface area contributed by atoms with Crippen LogP contribution in [0.5, 0.6) is 0 Å². The third-order valence-corrected chi connectivity index (χ3v) is 3.26. The van der Waals surface area contributed by atoms with Crippen LogP contribution >= 0.6 is 0 Å². The van der Waals surface area contributed by atoms with E-state index >= 15 is 0 Å². The molecule has 0 fully saturated rings. The number of nitrogens with two attached hydrogens (primary N) is 1. The van der Waals surface area contributed by atoms with Crippen molar-refractivity contribution < 1.29 is 15.2 Å². The van der Waals surface area contributed by atoms with Gasteiger partial charge in [-0.15, -0.1) is 0 Å². The maximum atomic E-state index is 11.5. The summed E-state index contributed by atoms with van der Waals surface area (Å²) in [5.74, 6) is -0.513. The van der Waals surface area contributed by atoms with E-state index in [-0.39, 0.29) is 11.6 Å². The minimum atomic E-state index is -0.979. The van der Waals surface area contributed by atoms with Crippen molar-refractivity contribution in [3.05, 3.63) is 35.0 Å². The monoisotopic (exact) mass is 265 g/mol. The lowest BCUT2D eigenvalue weighted by atomic mass is 9.88. The molecule has 0 saturated carbocycles. The fraction of sp³-hybridized carbons (Fsp3) is 0.385. The van der Waals surface area contributed by atoms with E-state index in [0.717, 1.165) is 5.56 Å². The number of rotatable bonds is 5. The van der Waals surface area contributed by atoms with Gasteiger partial charge in [-0.05, 0) is 30.5 Å². The molecule has 0 saturated heterocycles. The van der Waals surface area contributed by atoms with Crippen molar-refractivity contribution in [1.29, 1.82) is 0 Å². The van der Waals surface area contributed by atoms with E-state index in [2.05, 4.69) is 4.99 Å². The maximum Gasteiger partial charge on any atom is 0.245 e. The van der Waals surface area contributed by atoms with Crippen LogP contribution < -0.4 is 11.0 Å². The summed E-state index contributed by atoms with van der Waals surface area (Å²) in [6, 6.07) is 6.24. The molecule has 2 atom stereocenters. The molecule has 0 bridgehead atoms. The SMILES string of the molecule is CC(C)[C@](C)(N=Cc1ccc([NH+]([O-])O)cc1)C(N)=O. The lowest BCUT2D eigenvalue weighted by Crippen LogP contribution is -2.99. The van der Waals surface area contributed by atoms with Gasteiger partial charge in [0.2, 0.25) is 5.91 Å². The summed E-state index contributed by atoms with van der Waals surface area (Å²) in [7, 11) is 0. The molecule has 0 aliphatic rings. The molecule has 0 heterocycles. The van der Waals surface area contributed by atoms with E-state index in [4.69, 9.17) is 10.9 Å². The Morgan fingerprint density at radius 2 is 2.00 bits per heavy atom. The van der Waals surface area contributed by atoms with E-state index < -0.39 is 16.7 Å². The zero-order valence-corrected chi connectivity index (χ0v) is 11.3. The Hall–Kier alpha value is -1.76. The van der Waals surface area contributed by atoms with Gasteiger partial charge in [0.05, 0.1) is 0 Å². The molecule has 6 nitrogen and oxygen atoms in total. The molecule has 1 rings (SSSR count). The highest BCUT2D eigenvalue weighted by atomic mass is 16.8. The highest BCUT2D eigenvalue weighted by molar-refractivity contribution is 5.89. The number of benzene rings is 1. The number of amides is 1. The predicted molar refractivity (Wildman–Crippen MR) is 72.2 cm³/mol. The molecule has 1 aromatic rings. The highest BCUT2D eigenvalue weighted by Crippen LogP contribution is 2.21. The average Bonchev–Trinajstić information content (AvgIpc) is 2.35. The van der Waals surface area contributed by atoms with Crippen molar-refractivity contribution in [1.82, 2.24) is 0 Å². The normalized spacial score (nSPS) is 16.5. The first-order chi connectivity index (χ1) is 8.77. The molecule has 0 spiro atoms. The Morgan fingerprint density at radius 3 is 2.37 bits per heavy atom. The average molecular weight is 265 g/mol. The first-order valence-corrected chi connectivity index (χ1v) is 5.96. The number of primary amides is 1. The zero-order chi connectivity index (χ0) is 14.6. The third-order valence-electron chi connectivity index (χ3n) is 3.26. The Labute approximate surface area is 112 Å². The van der Waals surface area contributed by atoms with Crippen LogP contribution in [0, 0.1) is 11.1 Å². The van der Waals surface area contributed by atoms with Gasteiger partial charge in [0.1, 0.15) is 5.54 Å². The number of quaternary nitrogens is 1. The van der Waals surface area contributed by atoms with Gasteiger partial charge in [-0.25, -0.2) is 5.21 Å². The molecule has 0 radical (unpaired) electrons. The molecule has 6 heteroatoms. The number of hydrogen-bond acceptors (Lipinski definition) is 4. The molecule has 1 unspecified atom stereocenters. The third kappa shape index (κ3) is 3.60. The molecule has 0 aliphatic heterocycles. The number of aliphatic imine (C=N–C) groups is 1. The number of hydrogen-bond donors (Lipinski definition) is 3. The fourth-order valence-corrected chi connectivity index (χ4v) is 1.42. The summed E-state index contributed by atoms with van der Waals surface area (Å²) in [6.45, 7) is 5.42. The zero-order valence-electron chi connectivity index (χ0n) is 11.3. The summed E-state index contributed by atoms with van der Waals surface area (Å²) < 4.78 is 0. The highest BCUT2D eigenvalue weighted by Gasteiger charge is 2.33. The largest absolute Gasteiger partial charge is 0.595 e. The van der Waals surface area contributed by atoms with Gasteiger partial charge in [0.15, 0.2) is 5.69 Å². The number of carbonyl (C=O) groups excluding carboxylic acids is 1. The molecular weight excluding hydrogens is 246 g/mol. The van der Waals surface area contributed by atoms with Crippen LogP contribution in [0.4, 0.5) is 5.69 Å². The minimum Gasteiger partial charge on any atom is -0.595 e. The van der Waals surface area contributed by atoms with Crippen molar-refractivity contribution in [2.24, 2.45) is 16.6 Å². The van der Waals surface area contributed by atoms with Crippen LogP contribution in [-0.4, -0.2) is 22.9 Å². The molecular formula is C13H19N3O3. The standard InChI is InChI=1S/C13H19N3O3/c1-9(2)13(3,12(14)17)15-8-10-4-6-11(7-5-10)16(18)19/h4-9,16,18H,1-3H3,(H2,14,17)/t13-/m0/s1. The Bertz CT molecular complexity index is 469. The van der Waals surface area contributed by atoms with Crippen molar-refractivity contribution >= 4 is 17.8 Å². The topological polar surface area (TPSA) is 103 Å². The number of nitrogens with one attached hydrogen (secondary N) is 1. The van der Waals surface area contributed by atoms with E-state index in [1.165, 1.54) is 18.3 Å². The molecule has 0 aliphatic carbocycles. The lowest BCUT2D eigenvalue weighted by Gasteiger charge is -2.25. The quantitative estimate of drug-likeness (QED) is 0.530. The van der Waals surface area contributed by atoms with E-state index in [9.17, 15) is 10.0 Å². The first-order valence-electron chi connectivity index (χ1n) is 5.96. The second-order valence-corrected chi connectivity index (χ2v) is 4.85. The molecule has 1 amide bonds. The van der Waals surface area contributed by atoms with Gasteiger partial charge in [-0.3, -0.25) is 9.79 Å². The van der Waals surface area contributed by atoms with Crippen molar-refractivity contribution in [3.8, 4) is 0 Å². The van der Waals surface area contributed by atoms with Gasteiger partial charge in [0.25, 0.3) is 0 Å². The second kappa shape index (κ2) is 5.92. The molecule has 19 heavy (non-hydrogen) atoms. The van der Waals surface area contributed by atoms with Crippen molar-refractivity contribution in [2.45, 2.75) is 26.3 Å². The van der Waals surface area contributed by atoms with Gasteiger partial charge >= 0.3 is 0 Å². The predicted octanol–water partition coefficient (Wildman–Crippen LogP) is 0.409. The number of carbonyl (C=O) groups is 1. The van der Waals surface area contributed by atoms with E-state index in [0.29, 0.717) is 0 Å². The molecule has 0 aromatic heterocycles. The maximum absolute atomic E-state index is 11.5. The molecule has 1 aromatic carbocycles. The van der Waals surface area contributed by atoms with E-state index in [1.807, 2.05) is 13.8 Å². The minimum absolute atomic E-state index is 0.0282. The summed E-state index contributed by atoms with van der Waals surface area (Å²) in [5.41, 5.74) is 5.33. The van der Waals surface area contributed by atoms with Crippen LogP contribution in [0.2, 0.25) is 0 Å². The fourth-order valence-electron chi connectivity index (χ4n) is 1.42. The van der Waals surface area contributed by atoms with E-state index in [1.54, 1.807) is 19.1 Å². The van der Waals surface area contributed by atoms with Gasteiger partial charge in [0, 0.05) is 18.3 Å². The van der Waals surface area contributed by atoms with Gasteiger partial charge in [-0.2, -0.15) is 5.23 Å². The Kier molecular flexibility index (Phi) is 4.77. The second-order valence-electron chi connectivity index (χ2n) is 4.85. The molecule has 104 valence electrons. The Balaban J connectivity index is 2.94. The summed E-state index contributed by atoms with van der Waals surface area (Å²) in [6.07, 6.45) is 1.54. The van der Waals surface area contributed by atoms with Crippen molar-refractivity contribution in [2.75, 3.05) is 0 Å². The van der Waals surface area contributed by atoms with Gasteiger partial charge < -0.3 is 10.9 Å². The van der Waals surface area contributed by atoms with Crippen LogP contribution in [0.1, 0.15) is 26.3 Å². The van der Waals surface area contributed by atoms with Crippen LogP contribution in [0.15, 0.2) is 29.3 Å². The van der Waals surface area contributed by atoms with Crippen LogP contribution in [-0.2, 0) is 4.79 Å². The molecule has 4 N–H and O–H groups in total. The van der Waals surface area contributed by atoms with Crippen LogP contribution in [0.3, 0.4) is 0 Å². The van der Waals surface area contributed by atoms with Gasteiger partial charge in [-0.1, -0.05) is 13.8 Å². The Morgan fingerprint density at radius 1 is 1.47 bits per heavy atom. The lowest BCUT2D eigenvalue weighted by molar-refractivity contribution is -0.991. The summed E-state index contributed by atoms with van der Waals surface area (Å²) >= 11 is 0. The van der Waals surface area contributed by atoms with Crippen molar-refractivity contribution in [3.63, 3.8) is 0 Å². The smallest absolute Gasteiger partial charge is 0.245 e. The first kappa shape index (κ1) is 15.3. The van der Waals surface area contributed by atoms with Crippen LogP contribution in [0.25, 0.3) is 0 Å².